The maximum absolute atomic E-state index is 13.6. The minimum absolute atomic E-state index is 0.110. The average molecular weight is 281 g/mol. The molecule has 3 aromatic rings. The molecule has 0 bridgehead atoms. The summed E-state index contributed by atoms with van der Waals surface area (Å²) < 4.78 is 13.6. The first-order valence-corrected chi connectivity index (χ1v) is 6.42. The van der Waals surface area contributed by atoms with Crippen LogP contribution in [0.5, 0.6) is 5.75 Å². The van der Waals surface area contributed by atoms with Gasteiger partial charge in [-0.05, 0) is 35.0 Å². The number of rotatable bonds is 2. The SMILES string of the molecule is O=C(Nc1ccc2ccccc2c1)c1ccc(O)cc1F. The molecule has 104 valence electrons. The zero-order valence-corrected chi connectivity index (χ0v) is 11.0. The van der Waals surface area contributed by atoms with Gasteiger partial charge in [-0.15, -0.1) is 0 Å². The molecule has 1 amide bonds. The standard InChI is InChI=1S/C17H12FNO2/c18-16-10-14(20)7-8-15(16)17(21)19-13-6-5-11-3-1-2-4-12(11)9-13/h1-10,20H,(H,19,21). The number of phenols is 1. The van der Waals surface area contributed by atoms with Crippen molar-refractivity contribution in [1.29, 1.82) is 0 Å². The number of carbonyl (C=O) groups is 1. The molecule has 0 aliphatic carbocycles. The minimum atomic E-state index is -0.756. The van der Waals surface area contributed by atoms with Gasteiger partial charge in [0.15, 0.2) is 0 Å². The third-order valence-corrected chi connectivity index (χ3v) is 3.20. The molecule has 0 aliphatic rings. The molecular weight excluding hydrogens is 269 g/mol. The third kappa shape index (κ3) is 2.69. The molecular formula is C17H12FNO2. The van der Waals surface area contributed by atoms with Gasteiger partial charge in [0.1, 0.15) is 11.6 Å². The number of benzene rings is 3. The zero-order chi connectivity index (χ0) is 14.8. The van der Waals surface area contributed by atoms with Crippen LogP contribution in [-0.4, -0.2) is 11.0 Å². The summed E-state index contributed by atoms with van der Waals surface area (Å²) in [5, 5.41) is 13.9. The van der Waals surface area contributed by atoms with Crippen LogP contribution in [0.15, 0.2) is 60.7 Å². The second-order valence-corrected chi connectivity index (χ2v) is 4.68. The summed E-state index contributed by atoms with van der Waals surface area (Å²) in [5.74, 6) is -1.52. The van der Waals surface area contributed by atoms with Gasteiger partial charge >= 0.3 is 0 Å². The lowest BCUT2D eigenvalue weighted by molar-refractivity contribution is 0.102. The number of phenolic OH excluding ortho intramolecular Hbond substituents is 1. The average Bonchev–Trinajstić information content (AvgIpc) is 2.47. The summed E-state index contributed by atoms with van der Waals surface area (Å²) in [6.45, 7) is 0. The van der Waals surface area contributed by atoms with Gasteiger partial charge in [0.2, 0.25) is 0 Å². The van der Waals surface area contributed by atoms with E-state index in [0.717, 1.165) is 16.8 Å². The second-order valence-electron chi connectivity index (χ2n) is 4.68. The van der Waals surface area contributed by atoms with Crippen LogP contribution in [0.3, 0.4) is 0 Å². The lowest BCUT2D eigenvalue weighted by Gasteiger charge is -2.07. The Balaban J connectivity index is 1.89. The maximum atomic E-state index is 13.6. The van der Waals surface area contributed by atoms with Crippen LogP contribution < -0.4 is 5.32 Å². The Morgan fingerprint density at radius 3 is 2.48 bits per heavy atom. The van der Waals surface area contributed by atoms with Crippen LogP contribution >= 0.6 is 0 Å². The van der Waals surface area contributed by atoms with Crippen LogP contribution in [-0.2, 0) is 0 Å². The van der Waals surface area contributed by atoms with Gasteiger partial charge in [-0.25, -0.2) is 4.39 Å². The Morgan fingerprint density at radius 1 is 0.952 bits per heavy atom. The zero-order valence-electron chi connectivity index (χ0n) is 11.0. The third-order valence-electron chi connectivity index (χ3n) is 3.20. The van der Waals surface area contributed by atoms with Gasteiger partial charge in [-0.1, -0.05) is 30.3 Å². The summed E-state index contributed by atoms with van der Waals surface area (Å²) in [6, 6.07) is 16.7. The molecule has 0 fully saturated rings. The fourth-order valence-corrected chi connectivity index (χ4v) is 2.15. The fourth-order valence-electron chi connectivity index (χ4n) is 2.15. The molecule has 0 unspecified atom stereocenters. The first kappa shape index (κ1) is 13.1. The number of halogens is 1. The molecule has 0 radical (unpaired) electrons. The molecule has 3 aromatic carbocycles. The minimum Gasteiger partial charge on any atom is -0.508 e. The number of anilines is 1. The first-order chi connectivity index (χ1) is 10.1. The molecule has 3 nitrogen and oxygen atoms in total. The highest BCUT2D eigenvalue weighted by molar-refractivity contribution is 6.05. The normalized spacial score (nSPS) is 10.5. The van der Waals surface area contributed by atoms with E-state index in [-0.39, 0.29) is 11.3 Å². The lowest BCUT2D eigenvalue weighted by Crippen LogP contribution is -2.13. The number of carbonyl (C=O) groups excluding carboxylic acids is 1. The lowest BCUT2D eigenvalue weighted by atomic mass is 10.1. The predicted octanol–water partition coefficient (Wildman–Crippen LogP) is 3.94. The fraction of sp³-hybridized carbons (Fsp3) is 0. The topological polar surface area (TPSA) is 49.3 Å². The van der Waals surface area contributed by atoms with E-state index in [1.54, 1.807) is 6.07 Å². The van der Waals surface area contributed by atoms with Crippen molar-refractivity contribution in [3.8, 4) is 5.75 Å². The van der Waals surface area contributed by atoms with Crippen molar-refractivity contribution in [2.45, 2.75) is 0 Å². The molecule has 0 saturated heterocycles. The van der Waals surface area contributed by atoms with Gasteiger partial charge in [0, 0.05) is 11.8 Å². The highest BCUT2D eigenvalue weighted by Crippen LogP contribution is 2.21. The van der Waals surface area contributed by atoms with Crippen molar-refractivity contribution in [3.05, 3.63) is 72.0 Å². The van der Waals surface area contributed by atoms with Crippen LogP contribution in [0, 0.1) is 5.82 Å². The number of hydrogen-bond donors (Lipinski definition) is 2. The first-order valence-electron chi connectivity index (χ1n) is 6.42. The summed E-state index contributed by atoms with van der Waals surface area (Å²) >= 11 is 0. The molecule has 21 heavy (non-hydrogen) atoms. The van der Waals surface area contributed by atoms with Crippen molar-refractivity contribution in [3.63, 3.8) is 0 Å². The van der Waals surface area contributed by atoms with E-state index >= 15 is 0 Å². The van der Waals surface area contributed by atoms with E-state index in [4.69, 9.17) is 5.11 Å². The second kappa shape index (κ2) is 5.25. The van der Waals surface area contributed by atoms with Crippen LogP contribution in [0.1, 0.15) is 10.4 Å². The molecule has 0 aliphatic heterocycles. The number of fused-ring (bicyclic) bond motifs is 1. The Bertz CT molecular complexity index is 830. The van der Waals surface area contributed by atoms with E-state index in [1.165, 1.54) is 12.1 Å². The van der Waals surface area contributed by atoms with E-state index in [0.29, 0.717) is 5.69 Å². The Hall–Kier alpha value is -2.88. The van der Waals surface area contributed by atoms with E-state index in [9.17, 15) is 9.18 Å². The van der Waals surface area contributed by atoms with Gasteiger partial charge in [0.25, 0.3) is 5.91 Å². The summed E-state index contributed by atoms with van der Waals surface area (Å²) in [7, 11) is 0. The van der Waals surface area contributed by atoms with Gasteiger partial charge in [-0.2, -0.15) is 0 Å². The van der Waals surface area contributed by atoms with Crippen LogP contribution in [0.25, 0.3) is 10.8 Å². The predicted molar refractivity (Wildman–Crippen MR) is 80.0 cm³/mol. The number of hydrogen-bond acceptors (Lipinski definition) is 2. The summed E-state index contributed by atoms with van der Waals surface area (Å²) in [6.07, 6.45) is 0. The highest BCUT2D eigenvalue weighted by atomic mass is 19.1. The van der Waals surface area contributed by atoms with E-state index in [1.807, 2.05) is 36.4 Å². The number of aromatic hydroxyl groups is 1. The molecule has 0 aromatic heterocycles. The molecule has 4 heteroatoms. The quantitative estimate of drug-likeness (QED) is 0.747. The molecule has 0 heterocycles. The smallest absolute Gasteiger partial charge is 0.258 e. The molecule has 2 N–H and O–H groups in total. The van der Waals surface area contributed by atoms with Crippen molar-refractivity contribution >= 4 is 22.4 Å². The summed E-state index contributed by atoms with van der Waals surface area (Å²) in [5.41, 5.74) is 0.479. The van der Waals surface area contributed by atoms with Crippen molar-refractivity contribution in [1.82, 2.24) is 0 Å². The highest BCUT2D eigenvalue weighted by Gasteiger charge is 2.12. The van der Waals surface area contributed by atoms with Crippen molar-refractivity contribution in [2.24, 2.45) is 0 Å². The van der Waals surface area contributed by atoms with E-state index in [2.05, 4.69) is 5.32 Å². The molecule has 3 rings (SSSR count). The maximum Gasteiger partial charge on any atom is 0.258 e. The van der Waals surface area contributed by atoms with Gasteiger partial charge in [-0.3, -0.25) is 4.79 Å². The van der Waals surface area contributed by atoms with Gasteiger partial charge in [0.05, 0.1) is 5.56 Å². The Labute approximate surface area is 120 Å². The summed E-state index contributed by atoms with van der Waals surface area (Å²) in [4.78, 5) is 12.0. The number of amides is 1. The molecule has 0 atom stereocenters. The molecule has 0 saturated carbocycles. The van der Waals surface area contributed by atoms with Crippen molar-refractivity contribution < 1.29 is 14.3 Å². The van der Waals surface area contributed by atoms with E-state index < -0.39 is 11.7 Å². The monoisotopic (exact) mass is 281 g/mol. The number of nitrogens with one attached hydrogen (secondary N) is 1. The van der Waals surface area contributed by atoms with Gasteiger partial charge < -0.3 is 10.4 Å². The Kier molecular flexibility index (Phi) is 3.28. The van der Waals surface area contributed by atoms with Crippen molar-refractivity contribution in [2.75, 3.05) is 5.32 Å². The largest absolute Gasteiger partial charge is 0.508 e. The molecule has 0 spiro atoms. The van der Waals surface area contributed by atoms with Crippen LogP contribution in [0.2, 0.25) is 0 Å². The van der Waals surface area contributed by atoms with Crippen LogP contribution in [0.4, 0.5) is 10.1 Å². The Morgan fingerprint density at radius 2 is 1.71 bits per heavy atom.